The molecule has 3 aliphatic rings. The quantitative estimate of drug-likeness (QED) is 0.463. The number of carbonyl (C=O) groups is 3. The number of Topliss-reactive ketones (excluding diaryl/α,β-unsaturated/α-hetero) is 1. The summed E-state index contributed by atoms with van der Waals surface area (Å²) in [5, 5.41) is 0.955. The van der Waals surface area contributed by atoms with Crippen molar-refractivity contribution in [3.05, 3.63) is 65.9 Å². The Bertz CT molecular complexity index is 1590. The third kappa shape index (κ3) is 4.53. The first kappa shape index (κ1) is 26.7. The minimum Gasteiger partial charge on any atom is -0.352 e. The number of benzene rings is 2. The highest BCUT2D eigenvalue weighted by atomic mass is 32.2. The number of nitrogens with zero attached hydrogens (tertiary/aromatic N) is 3. The van der Waals surface area contributed by atoms with Crippen LogP contribution in [0.2, 0.25) is 0 Å². The molecule has 6 rings (SSSR count). The molecule has 210 valence electrons. The summed E-state index contributed by atoms with van der Waals surface area (Å²) in [5.41, 5.74) is 1.65. The highest BCUT2D eigenvalue weighted by Crippen LogP contribution is 2.38. The molecule has 1 aromatic heterocycles. The fraction of sp³-hybridized carbons (Fsp3) is 0.433. The number of aromatic nitrogens is 1. The van der Waals surface area contributed by atoms with Gasteiger partial charge in [-0.3, -0.25) is 14.4 Å². The van der Waals surface area contributed by atoms with E-state index >= 15 is 0 Å². The summed E-state index contributed by atoms with van der Waals surface area (Å²) in [6.07, 6.45) is 0.760. The molecule has 2 amide bonds. The molecule has 2 fully saturated rings. The monoisotopic (exact) mass is 562 g/mol. The molecule has 9 nitrogen and oxygen atoms in total. The Hall–Kier alpha value is -3.50. The first-order valence-corrected chi connectivity index (χ1v) is 15.2. The SMILES string of the molecule is CC(C)(C)[C@H](CC(=O)c1cc2ccccc2[nH]1)C(=O)N1C[C@@H]2C[C@H]1CN2C(=O)CN1Cc2ccccc2S1(=O)=O. The zero-order chi connectivity index (χ0) is 28.4. The van der Waals surface area contributed by atoms with Gasteiger partial charge in [-0.25, -0.2) is 8.42 Å². The summed E-state index contributed by atoms with van der Waals surface area (Å²) < 4.78 is 27.1. The van der Waals surface area contributed by atoms with Crippen LogP contribution in [-0.2, 0) is 26.2 Å². The van der Waals surface area contributed by atoms with Crippen molar-refractivity contribution in [1.82, 2.24) is 19.1 Å². The average Bonchev–Trinajstić information content (AvgIpc) is 3.68. The summed E-state index contributed by atoms with van der Waals surface area (Å²) in [5.74, 6) is -0.909. The van der Waals surface area contributed by atoms with Gasteiger partial charge in [0.25, 0.3) is 0 Å². The molecule has 0 saturated carbocycles. The summed E-state index contributed by atoms with van der Waals surface area (Å²) in [7, 11) is -3.69. The van der Waals surface area contributed by atoms with Crippen LogP contribution in [0.15, 0.2) is 59.5 Å². The van der Waals surface area contributed by atoms with Gasteiger partial charge in [-0.15, -0.1) is 0 Å². The molecular formula is C30H34N4O5S. The number of carbonyl (C=O) groups excluding carboxylic acids is 3. The number of piperazine rings is 1. The largest absolute Gasteiger partial charge is 0.352 e. The number of hydrogen-bond acceptors (Lipinski definition) is 5. The van der Waals surface area contributed by atoms with Crippen LogP contribution < -0.4 is 0 Å². The fourth-order valence-electron chi connectivity index (χ4n) is 6.41. The van der Waals surface area contributed by atoms with Crippen molar-refractivity contribution in [2.24, 2.45) is 11.3 Å². The van der Waals surface area contributed by atoms with Crippen molar-refractivity contribution in [3.63, 3.8) is 0 Å². The van der Waals surface area contributed by atoms with E-state index in [0.29, 0.717) is 30.8 Å². The lowest BCUT2D eigenvalue weighted by Crippen LogP contribution is -2.54. The number of hydrogen-bond donors (Lipinski definition) is 1. The van der Waals surface area contributed by atoms with Gasteiger partial charge in [0, 0.05) is 37.0 Å². The molecule has 4 heterocycles. The zero-order valence-electron chi connectivity index (χ0n) is 23.0. The van der Waals surface area contributed by atoms with Crippen LogP contribution in [0.5, 0.6) is 0 Å². The van der Waals surface area contributed by atoms with Crippen molar-refractivity contribution in [2.75, 3.05) is 19.6 Å². The van der Waals surface area contributed by atoms with Gasteiger partial charge in [0.2, 0.25) is 21.8 Å². The molecule has 3 aromatic rings. The second kappa shape index (κ2) is 9.55. The van der Waals surface area contributed by atoms with Gasteiger partial charge >= 0.3 is 0 Å². The lowest BCUT2D eigenvalue weighted by molar-refractivity contribution is -0.145. The normalized spacial score (nSPS) is 22.6. The van der Waals surface area contributed by atoms with Gasteiger partial charge in [-0.05, 0) is 35.6 Å². The number of para-hydroxylation sites is 1. The summed E-state index contributed by atoms with van der Waals surface area (Å²) >= 11 is 0. The number of ketones is 1. The zero-order valence-corrected chi connectivity index (χ0v) is 23.8. The first-order chi connectivity index (χ1) is 18.9. The number of likely N-dealkylation sites (tertiary alicyclic amines) is 2. The predicted molar refractivity (Wildman–Crippen MR) is 150 cm³/mol. The molecule has 3 aliphatic heterocycles. The Balaban J connectivity index is 1.12. The third-order valence-corrected chi connectivity index (χ3v) is 10.5. The second-order valence-electron chi connectivity index (χ2n) is 12.3. The lowest BCUT2D eigenvalue weighted by atomic mass is 9.76. The van der Waals surface area contributed by atoms with E-state index in [0.717, 1.165) is 10.9 Å². The lowest BCUT2D eigenvalue weighted by Gasteiger charge is -2.39. The van der Waals surface area contributed by atoms with Gasteiger partial charge in [-0.2, -0.15) is 4.31 Å². The van der Waals surface area contributed by atoms with E-state index in [-0.39, 0.29) is 54.1 Å². The van der Waals surface area contributed by atoms with Crippen LogP contribution in [0.25, 0.3) is 10.9 Å². The Kier molecular flexibility index (Phi) is 6.38. The van der Waals surface area contributed by atoms with Crippen LogP contribution >= 0.6 is 0 Å². The minimum atomic E-state index is -3.69. The maximum absolute atomic E-state index is 13.9. The van der Waals surface area contributed by atoms with Crippen molar-refractivity contribution in [3.8, 4) is 0 Å². The van der Waals surface area contributed by atoms with E-state index in [1.165, 1.54) is 4.31 Å². The second-order valence-corrected chi connectivity index (χ2v) is 14.2. The molecular weight excluding hydrogens is 528 g/mol. The van der Waals surface area contributed by atoms with E-state index in [1.54, 1.807) is 29.2 Å². The fourth-order valence-corrected chi connectivity index (χ4v) is 7.99. The van der Waals surface area contributed by atoms with Crippen LogP contribution in [0.1, 0.15) is 49.7 Å². The van der Waals surface area contributed by atoms with Crippen molar-refractivity contribution in [2.45, 2.75) is 57.1 Å². The van der Waals surface area contributed by atoms with Crippen LogP contribution in [0.3, 0.4) is 0 Å². The van der Waals surface area contributed by atoms with Crippen molar-refractivity contribution >= 4 is 38.5 Å². The smallest absolute Gasteiger partial charge is 0.244 e. The van der Waals surface area contributed by atoms with E-state index in [1.807, 2.05) is 56.0 Å². The Morgan fingerprint density at radius 1 is 0.975 bits per heavy atom. The van der Waals surface area contributed by atoms with Crippen LogP contribution in [0, 0.1) is 11.3 Å². The van der Waals surface area contributed by atoms with E-state index in [9.17, 15) is 22.8 Å². The number of H-pyrrole nitrogens is 1. The molecule has 40 heavy (non-hydrogen) atoms. The molecule has 2 bridgehead atoms. The van der Waals surface area contributed by atoms with E-state index in [4.69, 9.17) is 0 Å². The number of sulfonamides is 1. The molecule has 2 aromatic carbocycles. The summed E-state index contributed by atoms with van der Waals surface area (Å²) in [6, 6.07) is 16.1. The average molecular weight is 563 g/mol. The van der Waals surface area contributed by atoms with Crippen LogP contribution in [0.4, 0.5) is 0 Å². The van der Waals surface area contributed by atoms with E-state index in [2.05, 4.69) is 4.98 Å². The Morgan fingerprint density at radius 2 is 1.65 bits per heavy atom. The number of amides is 2. The van der Waals surface area contributed by atoms with Gasteiger partial charge in [0.15, 0.2) is 5.78 Å². The van der Waals surface area contributed by atoms with Crippen LogP contribution in [-0.4, -0.2) is 76.8 Å². The van der Waals surface area contributed by atoms with Crippen molar-refractivity contribution < 1.29 is 22.8 Å². The number of nitrogens with one attached hydrogen (secondary N) is 1. The Morgan fingerprint density at radius 3 is 2.33 bits per heavy atom. The maximum atomic E-state index is 13.9. The molecule has 3 atom stereocenters. The highest BCUT2D eigenvalue weighted by molar-refractivity contribution is 7.89. The maximum Gasteiger partial charge on any atom is 0.244 e. The van der Waals surface area contributed by atoms with Gasteiger partial charge in [0.1, 0.15) is 0 Å². The number of rotatable bonds is 6. The van der Waals surface area contributed by atoms with Crippen molar-refractivity contribution in [1.29, 1.82) is 0 Å². The Labute approximate surface area is 234 Å². The minimum absolute atomic E-state index is 0.0610. The molecule has 0 radical (unpaired) electrons. The first-order valence-electron chi connectivity index (χ1n) is 13.7. The topological polar surface area (TPSA) is 111 Å². The third-order valence-electron chi connectivity index (χ3n) is 8.66. The molecule has 2 saturated heterocycles. The van der Waals surface area contributed by atoms with Gasteiger partial charge in [-0.1, -0.05) is 57.2 Å². The molecule has 0 unspecified atom stereocenters. The standard InChI is InChI=1S/C30H34N4O5S/c1-30(2,3)23(14-26(35)25-12-19-8-4-6-10-24(19)31-25)29(37)34-17-21-13-22(34)16-33(21)28(36)18-32-15-20-9-5-7-11-27(20)40(32,38)39/h4-12,21-23,31H,13-18H2,1-3H3/t21-,22-,23+/m0/s1. The predicted octanol–water partition coefficient (Wildman–Crippen LogP) is 3.42. The number of fused-ring (bicyclic) bond motifs is 4. The summed E-state index contributed by atoms with van der Waals surface area (Å²) in [4.78, 5) is 47.4. The number of aromatic amines is 1. The van der Waals surface area contributed by atoms with Gasteiger partial charge in [0.05, 0.1) is 35.1 Å². The summed E-state index contributed by atoms with van der Waals surface area (Å²) in [6.45, 7) is 6.69. The van der Waals surface area contributed by atoms with Gasteiger partial charge < -0.3 is 14.8 Å². The molecule has 0 aliphatic carbocycles. The molecule has 10 heteroatoms. The van der Waals surface area contributed by atoms with E-state index < -0.39 is 21.4 Å². The molecule has 0 spiro atoms. The highest BCUT2D eigenvalue weighted by Gasteiger charge is 2.50. The molecule has 1 N–H and O–H groups in total.